The van der Waals surface area contributed by atoms with E-state index in [4.69, 9.17) is 9.15 Å². The molecule has 4 aromatic rings. The number of amides is 1. The van der Waals surface area contributed by atoms with Crippen LogP contribution in [0.15, 0.2) is 45.7 Å². The number of phenols is 1. The van der Waals surface area contributed by atoms with E-state index in [1.165, 1.54) is 6.07 Å². The number of aryl methyl sites for hydroxylation is 2. The Balaban J connectivity index is 1.49. The second kappa shape index (κ2) is 9.54. The van der Waals surface area contributed by atoms with Crippen LogP contribution in [0.2, 0.25) is 0 Å². The molecule has 2 aromatic heterocycles. The number of benzene rings is 2. The second-order valence-electron chi connectivity index (χ2n) is 8.47. The summed E-state index contributed by atoms with van der Waals surface area (Å²) >= 11 is 0. The number of aromatic amines is 1. The van der Waals surface area contributed by atoms with Crippen LogP contribution < -0.4 is 15.7 Å². The second-order valence-corrected chi connectivity index (χ2v) is 8.47. The number of rotatable bonds is 8. The molecule has 0 fully saturated rings. The summed E-state index contributed by atoms with van der Waals surface area (Å²) < 4.78 is 10.8. The van der Waals surface area contributed by atoms with Crippen molar-refractivity contribution in [3.63, 3.8) is 0 Å². The summed E-state index contributed by atoms with van der Waals surface area (Å²) in [6, 6.07) is 7.19. The summed E-state index contributed by atoms with van der Waals surface area (Å²) in [4.78, 5) is 40.1. The van der Waals surface area contributed by atoms with Crippen molar-refractivity contribution >= 4 is 33.7 Å². The van der Waals surface area contributed by atoms with Gasteiger partial charge in [-0.3, -0.25) is 4.79 Å². The first-order valence-electron chi connectivity index (χ1n) is 11.1. The maximum atomic E-state index is 12.7. The van der Waals surface area contributed by atoms with E-state index >= 15 is 0 Å². The van der Waals surface area contributed by atoms with E-state index in [0.717, 1.165) is 10.9 Å². The van der Waals surface area contributed by atoms with E-state index in [0.29, 0.717) is 39.0 Å². The smallest absolute Gasteiger partial charge is 0.339 e. The Kier molecular flexibility index (Phi) is 6.50. The molecule has 1 unspecified atom stereocenters. The normalized spacial score (nSPS) is 12.1. The molecule has 0 radical (unpaired) electrons. The van der Waals surface area contributed by atoms with Gasteiger partial charge in [0.15, 0.2) is 0 Å². The van der Waals surface area contributed by atoms with Gasteiger partial charge < -0.3 is 29.7 Å². The predicted molar refractivity (Wildman–Crippen MR) is 130 cm³/mol. The van der Waals surface area contributed by atoms with Crippen LogP contribution in [0.1, 0.15) is 28.7 Å². The summed E-state index contributed by atoms with van der Waals surface area (Å²) in [6.45, 7) is 3.60. The molecule has 35 heavy (non-hydrogen) atoms. The van der Waals surface area contributed by atoms with Crippen molar-refractivity contribution < 1.29 is 29.0 Å². The summed E-state index contributed by atoms with van der Waals surface area (Å²) in [5, 5.41) is 23.4. The number of carbonyl (C=O) groups excluding carboxylic acids is 1. The zero-order valence-corrected chi connectivity index (χ0v) is 19.6. The highest BCUT2D eigenvalue weighted by Gasteiger charge is 2.23. The fourth-order valence-electron chi connectivity index (χ4n) is 4.34. The molecule has 0 bridgehead atoms. The number of fused-ring (bicyclic) bond motifs is 2. The fourth-order valence-corrected chi connectivity index (χ4v) is 4.34. The minimum Gasteiger partial charge on any atom is -0.508 e. The molecular formula is C26H26N2O7. The molecule has 9 nitrogen and oxygen atoms in total. The molecule has 0 saturated heterocycles. The number of H-pyrrole nitrogens is 1. The van der Waals surface area contributed by atoms with Gasteiger partial charge in [-0.05, 0) is 61.7 Å². The monoisotopic (exact) mass is 478 g/mol. The largest absolute Gasteiger partial charge is 0.508 e. The maximum Gasteiger partial charge on any atom is 0.339 e. The Morgan fingerprint density at radius 3 is 2.63 bits per heavy atom. The van der Waals surface area contributed by atoms with Gasteiger partial charge in [-0.1, -0.05) is 0 Å². The molecule has 1 atom stereocenters. The molecule has 2 aromatic carbocycles. The zero-order valence-electron chi connectivity index (χ0n) is 19.6. The highest BCUT2D eigenvalue weighted by Crippen LogP contribution is 2.29. The maximum absolute atomic E-state index is 12.7. The number of aromatic nitrogens is 1. The average molecular weight is 479 g/mol. The minimum atomic E-state index is -1.18. The lowest BCUT2D eigenvalue weighted by Gasteiger charge is -2.15. The van der Waals surface area contributed by atoms with Gasteiger partial charge in [0, 0.05) is 46.5 Å². The first kappa shape index (κ1) is 23.9. The van der Waals surface area contributed by atoms with Crippen LogP contribution in [0.4, 0.5) is 0 Å². The van der Waals surface area contributed by atoms with Crippen molar-refractivity contribution in [3.8, 4) is 11.5 Å². The SMILES string of the molecule is COc1ccc2c(C)c(CCC(=O)NC(Cc3c[nH]c4ccc(O)cc34)C(=O)O)c(=O)oc2c1C. The van der Waals surface area contributed by atoms with Crippen molar-refractivity contribution in [1.29, 1.82) is 0 Å². The molecule has 0 aliphatic carbocycles. The van der Waals surface area contributed by atoms with E-state index in [1.807, 2.05) is 6.07 Å². The van der Waals surface area contributed by atoms with Crippen molar-refractivity contribution in [2.24, 2.45) is 0 Å². The molecule has 0 aliphatic rings. The quantitative estimate of drug-likeness (QED) is 0.285. The number of hydrogen-bond donors (Lipinski definition) is 4. The number of ether oxygens (including phenoxy) is 1. The van der Waals surface area contributed by atoms with Crippen LogP contribution in [0, 0.1) is 13.8 Å². The van der Waals surface area contributed by atoms with Gasteiger partial charge in [-0.25, -0.2) is 9.59 Å². The molecule has 0 spiro atoms. The third-order valence-electron chi connectivity index (χ3n) is 6.28. The van der Waals surface area contributed by atoms with E-state index in [2.05, 4.69) is 10.3 Å². The van der Waals surface area contributed by atoms with Crippen LogP contribution in [0.5, 0.6) is 11.5 Å². The first-order valence-corrected chi connectivity index (χ1v) is 11.1. The summed E-state index contributed by atoms with van der Waals surface area (Å²) in [5.74, 6) is -1.01. The zero-order chi connectivity index (χ0) is 25.3. The van der Waals surface area contributed by atoms with Crippen molar-refractivity contribution in [3.05, 3.63) is 69.2 Å². The lowest BCUT2D eigenvalue weighted by Crippen LogP contribution is -2.42. The average Bonchev–Trinajstić information content (AvgIpc) is 3.21. The van der Waals surface area contributed by atoms with Crippen molar-refractivity contribution in [1.82, 2.24) is 10.3 Å². The van der Waals surface area contributed by atoms with Crippen molar-refractivity contribution in [2.45, 2.75) is 39.2 Å². The Labute approximate surface area is 200 Å². The number of carbonyl (C=O) groups is 2. The van der Waals surface area contributed by atoms with E-state index in [9.17, 15) is 24.6 Å². The first-order chi connectivity index (χ1) is 16.7. The summed E-state index contributed by atoms with van der Waals surface area (Å²) in [5.41, 5.74) is 3.10. The lowest BCUT2D eigenvalue weighted by molar-refractivity contribution is -0.141. The number of aliphatic carboxylic acids is 1. The molecule has 4 rings (SSSR count). The molecule has 0 aliphatic heterocycles. The van der Waals surface area contributed by atoms with Gasteiger partial charge >= 0.3 is 11.6 Å². The van der Waals surface area contributed by atoms with Gasteiger partial charge in [0.25, 0.3) is 0 Å². The van der Waals surface area contributed by atoms with E-state index in [1.54, 1.807) is 45.4 Å². The number of aromatic hydroxyl groups is 1. The highest BCUT2D eigenvalue weighted by atomic mass is 16.5. The Morgan fingerprint density at radius 1 is 1.14 bits per heavy atom. The molecule has 2 heterocycles. The number of nitrogens with one attached hydrogen (secondary N) is 2. The van der Waals surface area contributed by atoms with Crippen molar-refractivity contribution in [2.75, 3.05) is 7.11 Å². The number of carboxylic acids is 1. The summed E-state index contributed by atoms with van der Waals surface area (Å²) in [6.07, 6.45) is 1.72. The topological polar surface area (TPSA) is 142 Å². The third kappa shape index (κ3) is 4.70. The molecule has 4 N–H and O–H groups in total. The number of phenolic OH excluding ortho intramolecular Hbond substituents is 1. The van der Waals surface area contributed by atoms with Crippen LogP contribution in [0.25, 0.3) is 21.9 Å². The van der Waals surface area contributed by atoms with Gasteiger partial charge in [-0.15, -0.1) is 0 Å². The van der Waals surface area contributed by atoms with Crippen LogP contribution in [-0.2, 0) is 22.4 Å². The van der Waals surface area contributed by atoms with E-state index < -0.39 is 23.5 Å². The predicted octanol–water partition coefficient (Wildman–Crippen LogP) is 3.35. The van der Waals surface area contributed by atoms with Gasteiger partial charge in [0.1, 0.15) is 23.1 Å². The molecule has 1 amide bonds. The van der Waals surface area contributed by atoms with E-state index in [-0.39, 0.29) is 25.0 Å². The lowest BCUT2D eigenvalue weighted by atomic mass is 10.00. The minimum absolute atomic E-state index is 0.0305. The van der Waals surface area contributed by atoms with Crippen LogP contribution in [-0.4, -0.2) is 40.2 Å². The van der Waals surface area contributed by atoms with Gasteiger partial charge in [0.2, 0.25) is 5.91 Å². The number of methoxy groups -OCH3 is 1. The van der Waals surface area contributed by atoms with Gasteiger partial charge in [-0.2, -0.15) is 0 Å². The van der Waals surface area contributed by atoms with Gasteiger partial charge in [0.05, 0.1) is 7.11 Å². The van der Waals surface area contributed by atoms with Crippen LogP contribution >= 0.6 is 0 Å². The Morgan fingerprint density at radius 2 is 1.91 bits per heavy atom. The third-order valence-corrected chi connectivity index (χ3v) is 6.28. The Hall–Kier alpha value is -4.27. The number of hydrogen-bond acceptors (Lipinski definition) is 6. The standard InChI is InChI=1S/C26H26N2O7/c1-13-17-5-8-22(34-3)14(2)24(17)35-26(33)18(13)6-9-23(30)28-21(25(31)32)10-15-12-27-20-7-4-16(29)11-19(15)20/h4-5,7-8,11-12,21,27,29H,6,9-10H2,1-3H3,(H,28,30)(H,31,32). The molecule has 9 heteroatoms. The fraction of sp³-hybridized carbons (Fsp3) is 0.269. The van der Waals surface area contributed by atoms with Crippen LogP contribution in [0.3, 0.4) is 0 Å². The molecule has 182 valence electrons. The Bertz CT molecular complexity index is 1500. The highest BCUT2D eigenvalue weighted by molar-refractivity contribution is 5.88. The molecular weight excluding hydrogens is 452 g/mol. The molecule has 0 saturated carbocycles. The summed E-state index contributed by atoms with van der Waals surface area (Å²) in [7, 11) is 1.54. The number of carboxylic acid groups (broad SMARTS) is 1.